The molecule has 0 saturated carbocycles. The van der Waals surface area contributed by atoms with Crippen LogP contribution in [-0.4, -0.2) is 42.0 Å². The molecular weight excluding hydrogens is 450 g/mol. The molecule has 3 atom stereocenters. The third-order valence-electron chi connectivity index (χ3n) is 5.36. The second-order valence-corrected chi connectivity index (χ2v) is 9.08. The summed E-state index contributed by atoms with van der Waals surface area (Å²) in [5, 5.41) is 0. The van der Waals surface area contributed by atoms with Crippen molar-refractivity contribution >= 4 is 17.7 Å². The number of carbonyl (C=O) groups is 3. The van der Waals surface area contributed by atoms with Crippen LogP contribution in [0, 0.1) is 17.8 Å². The molecule has 8 heteroatoms. The monoisotopic (exact) mass is 485 g/mol. The Balaban J connectivity index is 2.10. The van der Waals surface area contributed by atoms with Crippen LogP contribution in [-0.2, 0) is 14.3 Å². The fourth-order valence-corrected chi connectivity index (χ4v) is 3.36. The lowest BCUT2D eigenvalue weighted by molar-refractivity contribution is -0.158. The summed E-state index contributed by atoms with van der Waals surface area (Å²) in [5.41, 5.74) is -0.0708. The lowest BCUT2D eigenvalue weighted by Gasteiger charge is -2.29. The Kier molecular flexibility index (Phi) is 10.2. The van der Waals surface area contributed by atoms with E-state index in [2.05, 4.69) is 4.98 Å². The van der Waals surface area contributed by atoms with E-state index in [1.807, 2.05) is 44.2 Å². The molecule has 0 spiro atoms. The number of ketones is 1. The van der Waals surface area contributed by atoms with Crippen LogP contribution in [0.3, 0.4) is 0 Å². The molecule has 0 aliphatic heterocycles. The SMILES string of the molecule is COc1ccnc(C(=O)C[C@@H](C)C(=O)O[C@@H](C)[C@H](Oc2ccccc2)C(C)C)c1OC(=O)C(C)C. The molecule has 35 heavy (non-hydrogen) atoms. The first-order valence-corrected chi connectivity index (χ1v) is 11.7. The van der Waals surface area contributed by atoms with Gasteiger partial charge in [-0.25, -0.2) is 4.98 Å². The van der Waals surface area contributed by atoms with Crippen molar-refractivity contribution in [2.75, 3.05) is 7.11 Å². The molecule has 0 radical (unpaired) electrons. The zero-order valence-corrected chi connectivity index (χ0v) is 21.4. The Labute approximate surface area is 206 Å². The van der Waals surface area contributed by atoms with Crippen LogP contribution in [0.2, 0.25) is 0 Å². The van der Waals surface area contributed by atoms with Gasteiger partial charge < -0.3 is 18.9 Å². The number of para-hydroxylation sites is 1. The van der Waals surface area contributed by atoms with E-state index in [9.17, 15) is 14.4 Å². The molecule has 0 unspecified atom stereocenters. The lowest BCUT2D eigenvalue weighted by Crippen LogP contribution is -2.38. The first-order chi connectivity index (χ1) is 16.5. The summed E-state index contributed by atoms with van der Waals surface area (Å²) in [5.74, 6) is -1.77. The second-order valence-electron chi connectivity index (χ2n) is 9.08. The van der Waals surface area contributed by atoms with Gasteiger partial charge in [-0.2, -0.15) is 0 Å². The Morgan fingerprint density at radius 2 is 1.57 bits per heavy atom. The fraction of sp³-hybridized carbons (Fsp3) is 0.481. The summed E-state index contributed by atoms with van der Waals surface area (Å²) in [7, 11) is 1.40. The van der Waals surface area contributed by atoms with E-state index >= 15 is 0 Å². The van der Waals surface area contributed by atoms with Crippen molar-refractivity contribution in [3.8, 4) is 17.2 Å². The third-order valence-corrected chi connectivity index (χ3v) is 5.36. The molecule has 1 aromatic heterocycles. The van der Waals surface area contributed by atoms with Gasteiger partial charge in [0.05, 0.1) is 18.9 Å². The van der Waals surface area contributed by atoms with Gasteiger partial charge in [0.25, 0.3) is 0 Å². The number of benzene rings is 1. The van der Waals surface area contributed by atoms with Gasteiger partial charge in [0.15, 0.2) is 17.2 Å². The molecule has 190 valence electrons. The largest absolute Gasteiger partial charge is 0.493 e. The molecule has 0 amide bonds. The standard InChI is InChI=1S/C27H35NO7/c1-16(2)24(34-20-11-9-8-10-12-20)19(6)33-27(31)18(5)15-21(29)23-25(35-26(30)17(3)4)22(32-7)13-14-28-23/h8-14,16-19,24H,15H2,1-7H3/t18-,19+,24-/m1/s1. The summed E-state index contributed by atoms with van der Waals surface area (Å²) in [6, 6.07) is 10.8. The number of aromatic nitrogens is 1. The number of carbonyl (C=O) groups excluding carboxylic acids is 3. The number of hydrogen-bond donors (Lipinski definition) is 0. The van der Waals surface area contributed by atoms with Gasteiger partial charge in [-0.15, -0.1) is 0 Å². The van der Waals surface area contributed by atoms with Crippen LogP contribution >= 0.6 is 0 Å². The van der Waals surface area contributed by atoms with E-state index in [-0.39, 0.29) is 35.6 Å². The maximum absolute atomic E-state index is 13.0. The van der Waals surface area contributed by atoms with Gasteiger partial charge in [0.2, 0.25) is 5.75 Å². The summed E-state index contributed by atoms with van der Waals surface area (Å²) in [6.07, 6.45) is 0.297. The summed E-state index contributed by atoms with van der Waals surface area (Å²) >= 11 is 0. The molecule has 0 aliphatic rings. The van der Waals surface area contributed by atoms with Crippen LogP contribution in [0.15, 0.2) is 42.6 Å². The van der Waals surface area contributed by atoms with Crippen molar-refractivity contribution in [3.63, 3.8) is 0 Å². The summed E-state index contributed by atoms with van der Waals surface area (Å²) < 4.78 is 22.4. The average Bonchev–Trinajstić information content (AvgIpc) is 2.82. The smallest absolute Gasteiger partial charge is 0.313 e. The van der Waals surface area contributed by atoms with Crippen molar-refractivity contribution in [2.24, 2.45) is 17.8 Å². The maximum atomic E-state index is 13.0. The Morgan fingerprint density at radius 3 is 2.14 bits per heavy atom. The number of esters is 2. The molecule has 0 bridgehead atoms. The minimum atomic E-state index is -0.754. The predicted molar refractivity (Wildman–Crippen MR) is 131 cm³/mol. The number of rotatable bonds is 12. The zero-order valence-electron chi connectivity index (χ0n) is 21.4. The Hall–Kier alpha value is -3.42. The van der Waals surface area contributed by atoms with Gasteiger partial charge in [0, 0.05) is 18.7 Å². The molecule has 2 aromatic rings. The minimum absolute atomic E-state index is 0.0521. The highest BCUT2D eigenvalue weighted by atomic mass is 16.6. The molecular formula is C27H35NO7. The Morgan fingerprint density at radius 1 is 0.914 bits per heavy atom. The molecule has 1 heterocycles. The number of Topliss-reactive ketones (excluding diaryl/α,β-unsaturated/α-hetero) is 1. The maximum Gasteiger partial charge on any atom is 0.313 e. The minimum Gasteiger partial charge on any atom is -0.493 e. The highest BCUT2D eigenvalue weighted by Crippen LogP contribution is 2.32. The van der Waals surface area contributed by atoms with Crippen molar-refractivity contribution in [1.82, 2.24) is 4.98 Å². The van der Waals surface area contributed by atoms with E-state index in [1.54, 1.807) is 27.7 Å². The number of methoxy groups -OCH3 is 1. The number of ether oxygens (including phenoxy) is 4. The predicted octanol–water partition coefficient (Wildman–Crippen LogP) is 4.90. The topological polar surface area (TPSA) is 101 Å². The van der Waals surface area contributed by atoms with Gasteiger partial charge in [0.1, 0.15) is 18.0 Å². The first-order valence-electron chi connectivity index (χ1n) is 11.7. The van der Waals surface area contributed by atoms with Crippen molar-refractivity contribution in [2.45, 2.75) is 60.2 Å². The summed E-state index contributed by atoms with van der Waals surface area (Å²) in [6.45, 7) is 10.7. The molecule has 2 rings (SSSR count). The van der Waals surface area contributed by atoms with Gasteiger partial charge in [-0.1, -0.05) is 52.8 Å². The van der Waals surface area contributed by atoms with E-state index in [0.717, 1.165) is 0 Å². The van der Waals surface area contributed by atoms with Crippen LogP contribution < -0.4 is 14.2 Å². The molecule has 0 N–H and O–H groups in total. The number of hydrogen-bond acceptors (Lipinski definition) is 8. The van der Waals surface area contributed by atoms with Crippen molar-refractivity contribution < 1.29 is 33.3 Å². The van der Waals surface area contributed by atoms with Crippen molar-refractivity contribution in [1.29, 1.82) is 0 Å². The van der Waals surface area contributed by atoms with E-state index in [1.165, 1.54) is 19.4 Å². The number of pyridine rings is 1. The average molecular weight is 486 g/mol. The third kappa shape index (κ3) is 7.80. The van der Waals surface area contributed by atoms with Gasteiger partial charge >= 0.3 is 11.9 Å². The van der Waals surface area contributed by atoms with Crippen LogP contribution in [0.1, 0.15) is 58.5 Å². The van der Waals surface area contributed by atoms with Gasteiger partial charge in [-0.05, 0) is 25.0 Å². The van der Waals surface area contributed by atoms with Crippen LogP contribution in [0.4, 0.5) is 0 Å². The summed E-state index contributed by atoms with van der Waals surface area (Å²) in [4.78, 5) is 42.1. The molecule has 1 aromatic carbocycles. The molecule has 0 fully saturated rings. The fourth-order valence-electron chi connectivity index (χ4n) is 3.36. The molecule has 0 saturated heterocycles. The lowest BCUT2D eigenvalue weighted by atomic mass is 10.0. The normalized spacial score (nSPS) is 13.6. The molecule has 0 aliphatic carbocycles. The van der Waals surface area contributed by atoms with Crippen LogP contribution in [0.25, 0.3) is 0 Å². The van der Waals surface area contributed by atoms with Gasteiger partial charge in [-0.3, -0.25) is 14.4 Å². The zero-order chi connectivity index (χ0) is 26.1. The van der Waals surface area contributed by atoms with Crippen LogP contribution in [0.5, 0.6) is 17.2 Å². The highest BCUT2D eigenvalue weighted by molar-refractivity contribution is 6.00. The van der Waals surface area contributed by atoms with Crippen molar-refractivity contribution in [3.05, 3.63) is 48.3 Å². The van der Waals surface area contributed by atoms with E-state index < -0.39 is 35.7 Å². The van der Waals surface area contributed by atoms with E-state index in [4.69, 9.17) is 18.9 Å². The van der Waals surface area contributed by atoms with E-state index in [0.29, 0.717) is 5.75 Å². The highest BCUT2D eigenvalue weighted by Gasteiger charge is 2.30. The second kappa shape index (κ2) is 12.9. The quantitative estimate of drug-likeness (QED) is 0.309. The Bertz CT molecular complexity index is 1000. The first kappa shape index (κ1) is 27.8. The molecule has 8 nitrogen and oxygen atoms in total. The number of nitrogens with zero attached hydrogens (tertiary/aromatic N) is 1.